The van der Waals surface area contributed by atoms with Gasteiger partial charge in [0.05, 0.1) is 12.6 Å². The lowest BCUT2D eigenvalue weighted by Crippen LogP contribution is -2.34. The van der Waals surface area contributed by atoms with E-state index in [1.54, 1.807) is 6.92 Å². The number of hydrogen-bond acceptors (Lipinski definition) is 5. The average Bonchev–Trinajstić information content (AvgIpc) is 2.46. The van der Waals surface area contributed by atoms with Gasteiger partial charge in [-0.2, -0.15) is 0 Å². The van der Waals surface area contributed by atoms with Gasteiger partial charge in [-0.05, 0) is 32.6 Å². The van der Waals surface area contributed by atoms with Crippen LogP contribution >= 0.6 is 0 Å². The van der Waals surface area contributed by atoms with E-state index in [0.29, 0.717) is 32.3 Å². The molecule has 0 rings (SSSR count). The first kappa shape index (κ1) is 20.1. The molecule has 21 heavy (non-hydrogen) atoms. The summed E-state index contributed by atoms with van der Waals surface area (Å²) >= 11 is 0. The van der Waals surface area contributed by atoms with E-state index in [-0.39, 0.29) is 11.8 Å². The average molecular weight is 300 g/mol. The maximum Gasteiger partial charge on any atom is 0.322 e. The molecule has 2 atom stereocenters. The molecule has 0 aromatic heterocycles. The Bertz CT molecular complexity index is 295. The maximum atomic E-state index is 11.8. The fourth-order valence-electron chi connectivity index (χ4n) is 2.17. The molecule has 0 saturated carbocycles. The summed E-state index contributed by atoms with van der Waals surface area (Å²) in [4.78, 5) is 23.2. The quantitative estimate of drug-likeness (QED) is 0.402. The molecule has 0 aliphatic carbocycles. The number of Topliss-reactive ketones (excluding diaryl/α,β-unsaturated/α-hetero) is 1. The number of nitrogens with two attached hydrogens (primary N) is 2. The van der Waals surface area contributed by atoms with E-state index in [4.69, 9.17) is 16.2 Å². The van der Waals surface area contributed by atoms with Crippen LogP contribution in [-0.4, -0.2) is 30.4 Å². The summed E-state index contributed by atoms with van der Waals surface area (Å²) in [5, 5.41) is 0. The normalized spacial score (nSPS) is 13.7. The van der Waals surface area contributed by atoms with Crippen molar-refractivity contribution in [1.82, 2.24) is 0 Å². The smallest absolute Gasteiger partial charge is 0.322 e. The van der Waals surface area contributed by atoms with E-state index in [9.17, 15) is 9.59 Å². The van der Waals surface area contributed by atoms with Gasteiger partial charge in [0, 0.05) is 6.42 Å². The van der Waals surface area contributed by atoms with Crippen LogP contribution in [0.4, 0.5) is 0 Å². The molecule has 0 aromatic carbocycles. The number of carbonyl (C=O) groups is 2. The largest absolute Gasteiger partial charge is 0.465 e. The Morgan fingerprint density at radius 2 is 1.52 bits per heavy atom. The van der Waals surface area contributed by atoms with E-state index in [2.05, 4.69) is 6.92 Å². The molecule has 0 bridgehead atoms. The molecule has 0 spiro atoms. The lowest BCUT2D eigenvalue weighted by Gasteiger charge is -2.13. The number of ketones is 1. The second kappa shape index (κ2) is 12.8. The fourth-order valence-corrected chi connectivity index (χ4v) is 2.17. The van der Waals surface area contributed by atoms with Gasteiger partial charge in [0.25, 0.3) is 0 Å². The Labute approximate surface area is 128 Å². The molecule has 0 amide bonds. The summed E-state index contributed by atoms with van der Waals surface area (Å²) in [6.07, 6.45) is 7.97. The zero-order chi connectivity index (χ0) is 16.1. The van der Waals surface area contributed by atoms with Gasteiger partial charge in [0.2, 0.25) is 0 Å². The molecule has 1 unspecified atom stereocenters. The molecule has 0 heterocycles. The first-order valence-electron chi connectivity index (χ1n) is 8.23. The highest BCUT2D eigenvalue weighted by Gasteiger charge is 2.17. The maximum absolute atomic E-state index is 11.8. The number of carbonyl (C=O) groups excluding carboxylic acids is 2. The van der Waals surface area contributed by atoms with Gasteiger partial charge < -0.3 is 16.2 Å². The van der Waals surface area contributed by atoms with Crippen molar-refractivity contribution in [2.75, 3.05) is 6.61 Å². The first-order chi connectivity index (χ1) is 10.0. The van der Waals surface area contributed by atoms with Crippen LogP contribution in [0.2, 0.25) is 0 Å². The zero-order valence-electron chi connectivity index (χ0n) is 13.6. The lowest BCUT2D eigenvalue weighted by atomic mass is 9.99. The third kappa shape index (κ3) is 10.4. The van der Waals surface area contributed by atoms with Crippen LogP contribution in [-0.2, 0) is 14.3 Å². The Morgan fingerprint density at radius 1 is 0.905 bits per heavy atom. The highest BCUT2D eigenvalue weighted by Crippen LogP contribution is 2.09. The molecule has 0 fully saturated rings. The third-order valence-electron chi connectivity index (χ3n) is 3.56. The number of rotatable bonds is 13. The van der Waals surface area contributed by atoms with Crippen LogP contribution < -0.4 is 11.5 Å². The van der Waals surface area contributed by atoms with Gasteiger partial charge >= 0.3 is 5.97 Å². The number of unbranched alkanes of at least 4 members (excludes halogenated alkanes) is 4. The molecule has 0 aliphatic rings. The van der Waals surface area contributed by atoms with Gasteiger partial charge in [0.15, 0.2) is 0 Å². The molecule has 124 valence electrons. The van der Waals surface area contributed by atoms with Crippen molar-refractivity contribution >= 4 is 11.8 Å². The summed E-state index contributed by atoms with van der Waals surface area (Å²) < 4.78 is 4.83. The Kier molecular flexibility index (Phi) is 12.2. The van der Waals surface area contributed by atoms with Crippen LogP contribution in [0.25, 0.3) is 0 Å². The highest BCUT2D eigenvalue weighted by atomic mass is 16.5. The van der Waals surface area contributed by atoms with Gasteiger partial charge in [0.1, 0.15) is 11.8 Å². The van der Waals surface area contributed by atoms with Crippen molar-refractivity contribution in [3.05, 3.63) is 0 Å². The first-order valence-corrected chi connectivity index (χ1v) is 8.23. The SMILES string of the molecule is CCCCCCCC(=O)C(N)CCC[C@H](N)C(=O)OCC. The van der Waals surface area contributed by atoms with Gasteiger partial charge in [-0.3, -0.25) is 9.59 Å². The van der Waals surface area contributed by atoms with Crippen molar-refractivity contribution in [2.45, 2.75) is 83.7 Å². The van der Waals surface area contributed by atoms with E-state index in [1.807, 2.05) is 0 Å². The highest BCUT2D eigenvalue weighted by molar-refractivity contribution is 5.83. The van der Waals surface area contributed by atoms with E-state index >= 15 is 0 Å². The molecule has 0 saturated heterocycles. The molecule has 5 heteroatoms. The molecule has 0 aliphatic heterocycles. The number of hydrogen-bond donors (Lipinski definition) is 2. The van der Waals surface area contributed by atoms with Crippen LogP contribution in [0.15, 0.2) is 0 Å². The van der Waals surface area contributed by atoms with E-state index in [0.717, 1.165) is 12.8 Å². The van der Waals surface area contributed by atoms with Gasteiger partial charge in [-0.1, -0.05) is 32.6 Å². The Balaban J connectivity index is 3.70. The van der Waals surface area contributed by atoms with Crippen LogP contribution in [0.3, 0.4) is 0 Å². The molecular weight excluding hydrogens is 268 g/mol. The Hall–Kier alpha value is -0.940. The van der Waals surface area contributed by atoms with Crippen LogP contribution in [0.1, 0.15) is 71.6 Å². The summed E-state index contributed by atoms with van der Waals surface area (Å²) in [7, 11) is 0. The van der Waals surface area contributed by atoms with E-state index in [1.165, 1.54) is 19.3 Å². The van der Waals surface area contributed by atoms with Crippen molar-refractivity contribution in [3.8, 4) is 0 Å². The second-order valence-electron chi connectivity index (χ2n) is 5.53. The summed E-state index contributed by atoms with van der Waals surface area (Å²) in [5.41, 5.74) is 11.6. The van der Waals surface area contributed by atoms with Gasteiger partial charge in [-0.25, -0.2) is 0 Å². The summed E-state index contributed by atoms with van der Waals surface area (Å²) in [5.74, 6) is -0.260. The molecule has 0 aromatic rings. The zero-order valence-corrected chi connectivity index (χ0v) is 13.6. The molecular formula is C16H32N2O3. The minimum atomic E-state index is -0.610. The molecule has 0 radical (unpaired) electrons. The fraction of sp³-hybridized carbons (Fsp3) is 0.875. The lowest BCUT2D eigenvalue weighted by molar-refractivity contribution is -0.144. The topological polar surface area (TPSA) is 95.4 Å². The summed E-state index contributed by atoms with van der Waals surface area (Å²) in [6.45, 7) is 4.25. The summed E-state index contributed by atoms with van der Waals surface area (Å²) in [6, 6.07) is -1.04. The second-order valence-corrected chi connectivity index (χ2v) is 5.53. The molecule has 4 N–H and O–H groups in total. The van der Waals surface area contributed by atoms with Crippen LogP contribution in [0.5, 0.6) is 0 Å². The van der Waals surface area contributed by atoms with Crippen molar-refractivity contribution < 1.29 is 14.3 Å². The predicted molar refractivity (Wildman–Crippen MR) is 84.8 cm³/mol. The van der Waals surface area contributed by atoms with Crippen molar-refractivity contribution in [3.63, 3.8) is 0 Å². The van der Waals surface area contributed by atoms with Crippen molar-refractivity contribution in [1.29, 1.82) is 0 Å². The standard InChI is InChI=1S/C16H32N2O3/c1-3-5-6-7-8-12-15(19)13(17)10-9-11-14(18)16(20)21-4-2/h13-14H,3-12,17-18H2,1-2H3/t13?,14-/m0/s1. The predicted octanol–water partition coefficient (Wildman–Crippen LogP) is 2.30. The third-order valence-corrected chi connectivity index (χ3v) is 3.56. The van der Waals surface area contributed by atoms with E-state index < -0.39 is 12.1 Å². The van der Waals surface area contributed by atoms with Gasteiger partial charge in [-0.15, -0.1) is 0 Å². The monoisotopic (exact) mass is 300 g/mol. The van der Waals surface area contributed by atoms with Crippen molar-refractivity contribution in [2.24, 2.45) is 11.5 Å². The minimum Gasteiger partial charge on any atom is -0.465 e. The van der Waals surface area contributed by atoms with Crippen LogP contribution in [0, 0.1) is 0 Å². The molecule has 5 nitrogen and oxygen atoms in total. The minimum absolute atomic E-state index is 0.121. The number of ether oxygens (including phenoxy) is 1. The Morgan fingerprint density at radius 3 is 2.14 bits per heavy atom. The number of esters is 1.